The van der Waals surface area contributed by atoms with Crippen LogP contribution in [0.4, 0.5) is 0 Å². The molecule has 2 aromatic rings. The second kappa shape index (κ2) is 6.07. The molecule has 1 heteroatoms. The fourth-order valence-electron chi connectivity index (χ4n) is 3.20. The van der Waals surface area contributed by atoms with E-state index in [1.807, 2.05) is 12.2 Å². The molecule has 0 nitrogen and oxygen atoms in total. The molecule has 0 unspecified atom stereocenters. The van der Waals surface area contributed by atoms with Gasteiger partial charge in [0, 0.05) is 10.0 Å². The number of halogens is 1. The van der Waals surface area contributed by atoms with Crippen molar-refractivity contribution in [2.75, 3.05) is 0 Å². The van der Waals surface area contributed by atoms with Crippen molar-refractivity contribution in [3.63, 3.8) is 0 Å². The standard InChI is InChI=1S/C22H15Br/c23-21-15-14-19(17-10-5-2-6-11-17)22-18(12-7-13-20(21)22)16-8-3-1-4-9-16/h1-3,5,7-8,10,12-15H,6,11H2. The van der Waals surface area contributed by atoms with Crippen LogP contribution in [0.15, 0.2) is 82.7 Å². The molecule has 23 heavy (non-hydrogen) atoms. The molecule has 0 N–H and O–H groups in total. The van der Waals surface area contributed by atoms with Crippen LogP contribution in [0.3, 0.4) is 0 Å². The highest BCUT2D eigenvalue weighted by molar-refractivity contribution is 9.10. The minimum Gasteiger partial charge on any atom is -0.0842 e. The number of fused-ring (bicyclic) bond motifs is 1. The van der Waals surface area contributed by atoms with Gasteiger partial charge in [-0.1, -0.05) is 76.0 Å². The number of rotatable bonds is 2. The van der Waals surface area contributed by atoms with E-state index < -0.39 is 0 Å². The zero-order chi connectivity index (χ0) is 15.6. The summed E-state index contributed by atoms with van der Waals surface area (Å²) in [5.74, 6) is 0. The molecule has 0 atom stereocenters. The third-order valence-corrected chi connectivity index (χ3v) is 4.98. The monoisotopic (exact) mass is 358 g/mol. The average Bonchev–Trinajstić information content (AvgIpc) is 2.63. The maximum Gasteiger partial charge on any atom is 0.0327 e. The van der Waals surface area contributed by atoms with Gasteiger partial charge in [0.1, 0.15) is 0 Å². The SMILES string of the molecule is Brc1ccc(C2=CC=CCC2)c2c(C3=C=C=CC=C3)cccc12. The molecule has 0 spiro atoms. The Bertz CT molecular complexity index is 986. The van der Waals surface area contributed by atoms with E-state index in [-0.39, 0.29) is 0 Å². The summed E-state index contributed by atoms with van der Waals surface area (Å²) in [6.45, 7) is 0. The third-order valence-electron chi connectivity index (χ3n) is 4.29. The van der Waals surface area contributed by atoms with Crippen LogP contribution in [-0.2, 0) is 0 Å². The Hall–Kier alpha value is -2.30. The van der Waals surface area contributed by atoms with Gasteiger partial charge in [-0.2, -0.15) is 0 Å². The largest absolute Gasteiger partial charge is 0.0842 e. The summed E-state index contributed by atoms with van der Waals surface area (Å²) in [7, 11) is 0. The lowest BCUT2D eigenvalue weighted by Crippen LogP contribution is -1.94. The van der Waals surface area contributed by atoms with E-state index in [1.165, 1.54) is 27.5 Å². The molecule has 0 fully saturated rings. The lowest BCUT2D eigenvalue weighted by atomic mass is 9.88. The molecule has 0 bridgehead atoms. The number of benzene rings is 2. The lowest BCUT2D eigenvalue weighted by molar-refractivity contribution is 1.06. The van der Waals surface area contributed by atoms with Crippen molar-refractivity contribution >= 4 is 37.8 Å². The first-order valence-corrected chi connectivity index (χ1v) is 8.60. The molecule has 2 aliphatic carbocycles. The van der Waals surface area contributed by atoms with Gasteiger partial charge in [0.15, 0.2) is 0 Å². The van der Waals surface area contributed by atoms with Gasteiger partial charge in [0.25, 0.3) is 0 Å². The normalized spacial score (nSPS) is 15.9. The number of allylic oxidation sites excluding steroid dienone is 8. The molecule has 0 heterocycles. The molecule has 4 rings (SSSR count). The van der Waals surface area contributed by atoms with Crippen molar-refractivity contribution in [1.29, 1.82) is 0 Å². The summed E-state index contributed by atoms with van der Waals surface area (Å²) >= 11 is 3.71. The van der Waals surface area contributed by atoms with Crippen LogP contribution in [0.1, 0.15) is 24.0 Å². The van der Waals surface area contributed by atoms with E-state index in [9.17, 15) is 0 Å². The minimum atomic E-state index is 1.09. The highest BCUT2D eigenvalue weighted by Crippen LogP contribution is 2.38. The molecular formula is C22H15Br. The molecule has 110 valence electrons. The van der Waals surface area contributed by atoms with Gasteiger partial charge in [-0.05, 0) is 58.5 Å². The van der Waals surface area contributed by atoms with Crippen LogP contribution in [0, 0.1) is 0 Å². The van der Waals surface area contributed by atoms with Crippen LogP contribution >= 0.6 is 15.9 Å². The van der Waals surface area contributed by atoms with Crippen molar-refractivity contribution in [2.45, 2.75) is 12.8 Å². The van der Waals surface area contributed by atoms with Crippen LogP contribution in [-0.4, -0.2) is 0 Å². The molecule has 0 aliphatic heterocycles. The van der Waals surface area contributed by atoms with Crippen LogP contribution in [0.5, 0.6) is 0 Å². The van der Waals surface area contributed by atoms with Gasteiger partial charge >= 0.3 is 0 Å². The zero-order valence-electron chi connectivity index (χ0n) is 12.6. The number of hydrogen-bond acceptors (Lipinski definition) is 0. The van der Waals surface area contributed by atoms with Crippen molar-refractivity contribution in [3.8, 4) is 0 Å². The Kier molecular flexibility index (Phi) is 3.77. The van der Waals surface area contributed by atoms with E-state index in [2.05, 4.69) is 82.0 Å². The molecule has 0 amide bonds. The summed E-state index contributed by atoms with van der Waals surface area (Å²) < 4.78 is 1.13. The molecule has 0 radical (unpaired) electrons. The van der Waals surface area contributed by atoms with E-state index in [0.717, 1.165) is 22.9 Å². The van der Waals surface area contributed by atoms with E-state index >= 15 is 0 Å². The first kappa shape index (κ1) is 14.3. The van der Waals surface area contributed by atoms with E-state index in [1.54, 1.807) is 0 Å². The Balaban J connectivity index is 2.08. The molecular weight excluding hydrogens is 344 g/mol. The van der Waals surface area contributed by atoms with Gasteiger partial charge < -0.3 is 0 Å². The molecule has 0 aromatic heterocycles. The Morgan fingerprint density at radius 2 is 1.96 bits per heavy atom. The van der Waals surface area contributed by atoms with Crippen molar-refractivity contribution < 1.29 is 0 Å². The molecule has 0 saturated heterocycles. The summed E-state index contributed by atoms with van der Waals surface area (Å²) in [6.07, 6.45) is 14.8. The van der Waals surface area contributed by atoms with Gasteiger partial charge in [-0.15, -0.1) is 0 Å². The van der Waals surface area contributed by atoms with Crippen molar-refractivity contribution in [1.82, 2.24) is 0 Å². The average molecular weight is 359 g/mol. The maximum absolute atomic E-state index is 3.71. The Morgan fingerprint density at radius 3 is 2.74 bits per heavy atom. The fraction of sp³-hybridized carbons (Fsp3) is 0.0909. The van der Waals surface area contributed by atoms with Crippen LogP contribution < -0.4 is 0 Å². The second-order valence-electron chi connectivity index (χ2n) is 5.69. The minimum absolute atomic E-state index is 1.09. The van der Waals surface area contributed by atoms with Gasteiger partial charge in [-0.3, -0.25) is 0 Å². The highest BCUT2D eigenvalue weighted by atomic mass is 79.9. The fourth-order valence-corrected chi connectivity index (χ4v) is 3.66. The Labute approximate surface area is 144 Å². The highest BCUT2D eigenvalue weighted by Gasteiger charge is 2.14. The van der Waals surface area contributed by atoms with Crippen LogP contribution in [0.25, 0.3) is 21.9 Å². The van der Waals surface area contributed by atoms with Gasteiger partial charge in [0.05, 0.1) is 0 Å². The van der Waals surface area contributed by atoms with Crippen molar-refractivity contribution in [3.05, 3.63) is 93.9 Å². The van der Waals surface area contributed by atoms with E-state index in [0.29, 0.717) is 0 Å². The van der Waals surface area contributed by atoms with Gasteiger partial charge in [0.2, 0.25) is 0 Å². The summed E-state index contributed by atoms with van der Waals surface area (Å²) in [5, 5.41) is 2.53. The predicted octanol–water partition coefficient (Wildman–Crippen LogP) is 6.60. The quantitative estimate of drug-likeness (QED) is 0.530. The summed E-state index contributed by atoms with van der Waals surface area (Å²) in [6, 6.07) is 10.9. The second-order valence-corrected chi connectivity index (χ2v) is 6.54. The molecule has 2 aliphatic rings. The van der Waals surface area contributed by atoms with Crippen molar-refractivity contribution in [2.24, 2.45) is 0 Å². The first-order chi connectivity index (χ1) is 11.3. The smallest absolute Gasteiger partial charge is 0.0327 e. The zero-order valence-corrected chi connectivity index (χ0v) is 14.2. The first-order valence-electron chi connectivity index (χ1n) is 7.80. The lowest BCUT2D eigenvalue weighted by Gasteiger charge is -2.16. The van der Waals surface area contributed by atoms with Gasteiger partial charge in [-0.25, -0.2) is 0 Å². The maximum atomic E-state index is 3.71. The topological polar surface area (TPSA) is 0 Å². The number of hydrogen-bond donors (Lipinski definition) is 0. The Morgan fingerprint density at radius 1 is 1.00 bits per heavy atom. The summed E-state index contributed by atoms with van der Waals surface area (Å²) in [5.41, 5.74) is 11.3. The summed E-state index contributed by atoms with van der Waals surface area (Å²) in [4.78, 5) is 0. The molecule has 2 aromatic carbocycles. The molecule has 0 saturated carbocycles. The van der Waals surface area contributed by atoms with Crippen LogP contribution in [0.2, 0.25) is 0 Å². The predicted molar refractivity (Wildman–Crippen MR) is 102 cm³/mol. The van der Waals surface area contributed by atoms with E-state index in [4.69, 9.17) is 0 Å². The third kappa shape index (κ3) is 2.60.